The Labute approximate surface area is 252 Å². The number of ketones is 1. The van der Waals surface area contributed by atoms with Crippen molar-refractivity contribution < 1.29 is 24.5 Å². The SMILES string of the molecule is Cc1ccc(C#CC(=O)N(C)[C@@H]2CC[C@@]3(O)[C@H]4C(=O)c5ccc(O)c6c5[C@@]3(CCN4CCc3ccccc3)[C@H]2O6)cc1C. The fourth-order valence-electron chi connectivity index (χ4n) is 8.21. The largest absolute Gasteiger partial charge is 0.504 e. The van der Waals surface area contributed by atoms with Crippen LogP contribution in [0.5, 0.6) is 11.5 Å². The lowest BCUT2D eigenvalue weighted by atomic mass is 9.48. The number of carbonyl (C=O) groups excluding carboxylic acids is 2. The number of nitrogens with zero attached hydrogens (tertiary/aromatic N) is 2. The first kappa shape index (κ1) is 27.7. The van der Waals surface area contributed by atoms with Crippen molar-refractivity contribution in [1.82, 2.24) is 9.80 Å². The number of phenols is 1. The molecule has 7 nitrogen and oxygen atoms in total. The van der Waals surface area contributed by atoms with Gasteiger partial charge in [-0.1, -0.05) is 42.3 Å². The van der Waals surface area contributed by atoms with Gasteiger partial charge in [0.05, 0.1) is 11.5 Å². The molecule has 220 valence electrons. The lowest BCUT2D eigenvalue weighted by molar-refractivity contribution is -0.187. The molecule has 1 amide bonds. The first-order valence-corrected chi connectivity index (χ1v) is 15.1. The van der Waals surface area contributed by atoms with E-state index in [2.05, 4.69) is 28.9 Å². The number of piperidine rings is 1. The predicted molar refractivity (Wildman–Crippen MR) is 162 cm³/mol. The summed E-state index contributed by atoms with van der Waals surface area (Å²) in [4.78, 5) is 31.4. The minimum Gasteiger partial charge on any atom is -0.504 e. The third-order valence-electron chi connectivity index (χ3n) is 10.6. The summed E-state index contributed by atoms with van der Waals surface area (Å²) in [5.74, 6) is 5.57. The van der Waals surface area contributed by atoms with E-state index in [0.29, 0.717) is 43.5 Å². The van der Waals surface area contributed by atoms with Crippen molar-refractivity contribution in [3.63, 3.8) is 0 Å². The number of phenolic OH excluding ortho intramolecular Hbond substituents is 1. The average molecular weight is 577 g/mol. The Morgan fingerprint density at radius 2 is 1.88 bits per heavy atom. The molecule has 43 heavy (non-hydrogen) atoms. The van der Waals surface area contributed by atoms with E-state index >= 15 is 0 Å². The first-order chi connectivity index (χ1) is 20.7. The molecule has 2 fully saturated rings. The van der Waals surface area contributed by atoms with E-state index in [1.54, 1.807) is 18.0 Å². The number of amides is 1. The Morgan fingerprint density at radius 3 is 2.65 bits per heavy atom. The maximum absolute atomic E-state index is 14.2. The van der Waals surface area contributed by atoms with Crippen LogP contribution in [0.25, 0.3) is 0 Å². The molecule has 2 heterocycles. The second-order valence-electron chi connectivity index (χ2n) is 12.6. The Balaban J connectivity index is 1.24. The number of hydrogen-bond acceptors (Lipinski definition) is 6. The van der Waals surface area contributed by atoms with E-state index in [1.807, 2.05) is 50.2 Å². The number of ether oxygens (including phenoxy) is 1. The molecule has 7 rings (SSSR count). The Morgan fingerprint density at radius 1 is 1.09 bits per heavy atom. The van der Waals surface area contributed by atoms with Gasteiger partial charge in [0.2, 0.25) is 0 Å². The highest BCUT2D eigenvalue weighted by Crippen LogP contribution is 2.65. The number of rotatable bonds is 4. The second kappa shape index (κ2) is 9.97. The van der Waals surface area contributed by atoms with Crippen LogP contribution in [-0.4, -0.2) is 75.6 Å². The lowest BCUT2D eigenvalue weighted by Gasteiger charge is -2.63. The van der Waals surface area contributed by atoms with E-state index in [1.165, 1.54) is 17.2 Å². The fraction of sp³-hybridized carbons (Fsp3) is 0.389. The zero-order valence-electron chi connectivity index (χ0n) is 24.8. The summed E-state index contributed by atoms with van der Waals surface area (Å²) in [5, 5.41) is 23.6. The molecule has 0 aromatic heterocycles. The summed E-state index contributed by atoms with van der Waals surface area (Å²) in [6.45, 7) is 5.29. The van der Waals surface area contributed by atoms with Gasteiger partial charge < -0.3 is 19.8 Å². The second-order valence-corrected chi connectivity index (χ2v) is 12.6. The topological polar surface area (TPSA) is 90.3 Å². The third-order valence-corrected chi connectivity index (χ3v) is 10.6. The summed E-state index contributed by atoms with van der Waals surface area (Å²) in [6, 6.07) is 18.1. The van der Waals surface area contributed by atoms with E-state index < -0.39 is 29.2 Å². The van der Waals surface area contributed by atoms with E-state index in [9.17, 15) is 19.8 Å². The Hall–Kier alpha value is -4.12. The molecule has 5 atom stereocenters. The van der Waals surface area contributed by atoms with Gasteiger partial charge in [0.1, 0.15) is 17.7 Å². The smallest absolute Gasteiger partial charge is 0.298 e. The molecule has 3 aromatic carbocycles. The van der Waals surface area contributed by atoms with E-state index in [0.717, 1.165) is 17.5 Å². The molecule has 0 unspecified atom stereocenters. The van der Waals surface area contributed by atoms with Crippen LogP contribution in [0.15, 0.2) is 60.7 Å². The van der Waals surface area contributed by atoms with Gasteiger partial charge in [-0.2, -0.15) is 0 Å². The van der Waals surface area contributed by atoms with Crippen molar-refractivity contribution in [2.24, 2.45) is 0 Å². The summed E-state index contributed by atoms with van der Waals surface area (Å²) in [6.07, 6.45) is 1.45. The molecule has 0 radical (unpaired) electrons. The number of aryl methyl sites for hydroxylation is 2. The van der Waals surface area contributed by atoms with Crippen LogP contribution < -0.4 is 4.74 Å². The van der Waals surface area contributed by atoms with Crippen LogP contribution in [0.1, 0.15) is 57.4 Å². The molecule has 4 aliphatic rings. The summed E-state index contributed by atoms with van der Waals surface area (Å²) < 4.78 is 6.54. The van der Waals surface area contributed by atoms with Crippen molar-refractivity contribution in [1.29, 1.82) is 0 Å². The van der Waals surface area contributed by atoms with Crippen molar-refractivity contribution in [2.45, 2.75) is 68.7 Å². The van der Waals surface area contributed by atoms with Crippen molar-refractivity contribution in [3.05, 3.63) is 94.0 Å². The van der Waals surface area contributed by atoms with Gasteiger partial charge in [-0.15, -0.1) is 0 Å². The number of aromatic hydroxyl groups is 1. The van der Waals surface area contributed by atoms with Crippen LogP contribution in [0.3, 0.4) is 0 Å². The molecule has 2 bridgehead atoms. The summed E-state index contributed by atoms with van der Waals surface area (Å²) >= 11 is 0. The van der Waals surface area contributed by atoms with Crippen molar-refractivity contribution in [2.75, 3.05) is 20.1 Å². The third kappa shape index (κ3) is 3.97. The zero-order valence-corrected chi connectivity index (χ0v) is 24.8. The predicted octanol–water partition coefficient (Wildman–Crippen LogP) is 3.92. The molecule has 1 saturated carbocycles. The molecule has 1 spiro atoms. The van der Waals surface area contributed by atoms with E-state index in [4.69, 9.17) is 4.74 Å². The zero-order chi connectivity index (χ0) is 30.1. The molecule has 7 heteroatoms. The van der Waals surface area contributed by atoms with Crippen LogP contribution in [0.2, 0.25) is 0 Å². The van der Waals surface area contributed by atoms with Crippen LogP contribution >= 0.6 is 0 Å². The molecule has 1 saturated heterocycles. The minimum atomic E-state index is -1.40. The number of likely N-dealkylation sites (tertiary alicyclic amines) is 1. The molecule has 3 aromatic rings. The first-order valence-electron chi connectivity index (χ1n) is 15.1. The summed E-state index contributed by atoms with van der Waals surface area (Å²) in [5.41, 5.74) is 3.00. The van der Waals surface area contributed by atoms with Crippen LogP contribution in [-0.2, 0) is 16.6 Å². The maximum Gasteiger partial charge on any atom is 0.298 e. The highest BCUT2D eigenvalue weighted by molar-refractivity contribution is 6.06. The monoisotopic (exact) mass is 576 g/mol. The molecular weight excluding hydrogens is 540 g/mol. The molecule has 2 aliphatic carbocycles. The quantitative estimate of drug-likeness (QED) is 0.458. The number of aliphatic hydroxyl groups is 1. The normalized spacial score (nSPS) is 28.4. The van der Waals surface area contributed by atoms with Gasteiger partial charge in [0.25, 0.3) is 5.91 Å². The number of Topliss-reactive ketones (excluding diaryl/α,β-unsaturated/α-hetero) is 1. The van der Waals surface area contributed by atoms with Crippen LogP contribution in [0, 0.1) is 25.7 Å². The highest BCUT2D eigenvalue weighted by atomic mass is 16.5. The number of carbonyl (C=O) groups is 2. The number of hydrogen-bond donors (Lipinski definition) is 2. The van der Waals surface area contributed by atoms with Gasteiger partial charge in [0.15, 0.2) is 17.3 Å². The summed E-state index contributed by atoms with van der Waals surface area (Å²) in [7, 11) is 1.73. The van der Waals surface area contributed by atoms with Gasteiger partial charge in [0, 0.05) is 42.7 Å². The minimum absolute atomic E-state index is 0.0510. The van der Waals surface area contributed by atoms with Gasteiger partial charge in [-0.25, -0.2) is 0 Å². The maximum atomic E-state index is 14.2. The fourth-order valence-corrected chi connectivity index (χ4v) is 8.21. The highest BCUT2D eigenvalue weighted by Gasteiger charge is 2.75. The van der Waals surface area contributed by atoms with Gasteiger partial charge >= 0.3 is 0 Å². The van der Waals surface area contributed by atoms with Crippen molar-refractivity contribution in [3.8, 4) is 23.3 Å². The molecule has 2 aliphatic heterocycles. The number of benzene rings is 3. The lowest BCUT2D eigenvalue weighted by Crippen LogP contribution is -2.79. The average Bonchev–Trinajstić information content (AvgIpc) is 3.36. The van der Waals surface area contributed by atoms with Crippen LogP contribution in [0.4, 0.5) is 0 Å². The van der Waals surface area contributed by atoms with Gasteiger partial charge in [-0.05, 0) is 80.5 Å². The Kier molecular flexibility index (Phi) is 6.42. The van der Waals surface area contributed by atoms with Crippen molar-refractivity contribution >= 4 is 11.7 Å². The molecule has 2 N–H and O–H groups in total. The van der Waals surface area contributed by atoms with E-state index in [-0.39, 0.29) is 23.2 Å². The molecular formula is C36H36N2O5. The van der Waals surface area contributed by atoms with Gasteiger partial charge in [-0.3, -0.25) is 14.5 Å². The standard InChI is InChI=1S/C36H36N2O5/c1-22-9-10-25(21-23(22)2)11-14-29(40)37(3)27-15-17-36(42)33-31(41)26-12-13-28(39)32-30(26)35(36,34(27)43-32)18-20-38(33)19-16-24-7-5-4-6-8-24/h4-10,12-13,21,27,33-34,39,42H,15-20H2,1-3H3/t27-,33-,34+,35+,36-/m1/s1. The Bertz CT molecular complexity index is 1710. The number of likely N-dealkylation sites (N-methyl/N-ethyl adjacent to an activating group) is 1.